The van der Waals surface area contributed by atoms with Crippen LogP contribution in [0.4, 0.5) is 0 Å². The molecule has 1 N–H and O–H groups in total. The number of aromatic nitrogens is 3. The number of nitrogens with zero attached hydrogens (tertiary/aromatic N) is 3. The fourth-order valence-corrected chi connectivity index (χ4v) is 2.67. The van der Waals surface area contributed by atoms with E-state index in [9.17, 15) is 4.79 Å². The Morgan fingerprint density at radius 3 is 3.16 bits per heavy atom. The number of ether oxygens (including phenoxy) is 2. The van der Waals surface area contributed by atoms with Crippen LogP contribution in [0.2, 0.25) is 0 Å². The highest BCUT2D eigenvalue weighted by atomic mass is 16.5. The van der Waals surface area contributed by atoms with Crippen LogP contribution >= 0.6 is 0 Å². The van der Waals surface area contributed by atoms with Crippen LogP contribution in [0, 0.1) is 0 Å². The van der Waals surface area contributed by atoms with Crippen LogP contribution in [0.5, 0.6) is 5.88 Å². The summed E-state index contributed by atoms with van der Waals surface area (Å²) in [6, 6.07) is 3.49. The zero-order valence-electron chi connectivity index (χ0n) is 14.2. The van der Waals surface area contributed by atoms with Gasteiger partial charge in [0.2, 0.25) is 5.91 Å². The molecule has 0 radical (unpaired) electrons. The normalized spacial score (nSPS) is 17.2. The summed E-state index contributed by atoms with van der Waals surface area (Å²) in [6.45, 7) is 1.85. The molecule has 3 heterocycles. The van der Waals surface area contributed by atoms with Gasteiger partial charge in [-0.2, -0.15) is 0 Å². The van der Waals surface area contributed by atoms with Crippen molar-refractivity contribution in [2.45, 2.75) is 38.1 Å². The Balaban J connectivity index is 1.46. The van der Waals surface area contributed by atoms with E-state index in [2.05, 4.69) is 20.4 Å². The molecule has 25 heavy (non-hydrogen) atoms. The van der Waals surface area contributed by atoms with Gasteiger partial charge in [-0.15, -0.1) is 0 Å². The van der Waals surface area contributed by atoms with Gasteiger partial charge in [0.05, 0.1) is 26.0 Å². The lowest BCUT2D eigenvalue weighted by molar-refractivity contribution is -0.121. The maximum atomic E-state index is 12.0. The Morgan fingerprint density at radius 1 is 1.48 bits per heavy atom. The van der Waals surface area contributed by atoms with Crippen molar-refractivity contribution in [2.75, 3.05) is 20.3 Å². The fourth-order valence-electron chi connectivity index (χ4n) is 2.67. The predicted octanol–water partition coefficient (Wildman–Crippen LogP) is 1.62. The van der Waals surface area contributed by atoms with Gasteiger partial charge in [0, 0.05) is 37.6 Å². The van der Waals surface area contributed by atoms with Gasteiger partial charge in [0.1, 0.15) is 11.6 Å². The molecule has 1 aliphatic heterocycles. The molecule has 2 aromatic rings. The van der Waals surface area contributed by atoms with E-state index < -0.39 is 0 Å². The number of hydrogen-bond donors (Lipinski definition) is 1. The lowest BCUT2D eigenvalue weighted by atomic mass is 10.0. The molecule has 1 unspecified atom stereocenters. The molecule has 0 saturated carbocycles. The van der Waals surface area contributed by atoms with Crippen molar-refractivity contribution in [2.24, 2.45) is 0 Å². The zero-order valence-corrected chi connectivity index (χ0v) is 14.2. The number of rotatable bonds is 7. The van der Waals surface area contributed by atoms with E-state index in [4.69, 9.17) is 14.0 Å². The van der Waals surface area contributed by atoms with E-state index in [0.717, 1.165) is 31.0 Å². The van der Waals surface area contributed by atoms with E-state index in [1.165, 1.54) is 7.11 Å². The number of nitrogens with one attached hydrogen (secondary N) is 1. The Bertz CT molecular complexity index is 697. The molecule has 0 spiro atoms. The third-order valence-electron chi connectivity index (χ3n) is 4.07. The van der Waals surface area contributed by atoms with Crippen LogP contribution < -0.4 is 10.1 Å². The number of methoxy groups -OCH3 is 1. The van der Waals surface area contributed by atoms with E-state index in [1.807, 2.05) is 6.07 Å². The van der Waals surface area contributed by atoms with Gasteiger partial charge in [-0.1, -0.05) is 0 Å². The van der Waals surface area contributed by atoms with E-state index in [-0.39, 0.29) is 11.8 Å². The molecule has 2 aromatic heterocycles. The smallest absolute Gasteiger partial charge is 0.254 e. The second-order valence-corrected chi connectivity index (χ2v) is 5.93. The molecular weight excluding hydrogens is 324 g/mol. The Morgan fingerprint density at radius 2 is 2.40 bits per heavy atom. The first-order chi connectivity index (χ1) is 12.2. The predicted molar refractivity (Wildman–Crippen MR) is 88.0 cm³/mol. The maximum Gasteiger partial charge on any atom is 0.254 e. The second-order valence-electron chi connectivity index (χ2n) is 5.93. The molecule has 3 rings (SSSR count). The van der Waals surface area contributed by atoms with Crippen LogP contribution in [0.15, 0.2) is 22.9 Å². The molecule has 1 fully saturated rings. The van der Waals surface area contributed by atoms with Gasteiger partial charge in [0.25, 0.3) is 5.88 Å². The van der Waals surface area contributed by atoms with Gasteiger partial charge in [0.15, 0.2) is 0 Å². The number of aryl methyl sites for hydroxylation is 1. The third-order valence-corrected chi connectivity index (χ3v) is 4.07. The lowest BCUT2D eigenvalue weighted by Crippen LogP contribution is -2.24. The molecular formula is C17H22N4O4. The zero-order chi connectivity index (χ0) is 17.5. The van der Waals surface area contributed by atoms with Crippen molar-refractivity contribution in [3.8, 4) is 5.88 Å². The monoisotopic (exact) mass is 346 g/mol. The summed E-state index contributed by atoms with van der Waals surface area (Å²) in [7, 11) is 1.52. The summed E-state index contributed by atoms with van der Waals surface area (Å²) in [4.78, 5) is 20.9. The summed E-state index contributed by atoms with van der Waals surface area (Å²) in [5.74, 6) is 1.99. The number of amides is 1. The summed E-state index contributed by atoms with van der Waals surface area (Å²) < 4.78 is 15.5. The van der Waals surface area contributed by atoms with Gasteiger partial charge in [-0.05, 0) is 24.1 Å². The van der Waals surface area contributed by atoms with E-state index in [0.29, 0.717) is 37.6 Å². The average molecular weight is 346 g/mol. The minimum Gasteiger partial charge on any atom is -0.479 e. The first-order valence-corrected chi connectivity index (χ1v) is 8.40. The van der Waals surface area contributed by atoms with Crippen molar-refractivity contribution >= 4 is 5.91 Å². The highest BCUT2D eigenvalue weighted by molar-refractivity contribution is 5.76. The van der Waals surface area contributed by atoms with Crippen molar-refractivity contribution in [3.05, 3.63) is 35.6 Å². The van der Waals surface area contributed by atoms with Crippen LogP contribution in [-0.4, -0.2) is 41.4 Å². The third kappa shape index (κ3) is 4.99. The number of carbonyl (C=O) groups excluding carboxylic acids is 1. The molecule has 0 aliphatic carbocycles. The Kier molecular flexibility index (Phi) is 5.95. The Labute approximate surface area is 145 Å². The van der Waals surface area contributed by atoms with Gasteiger partial charge >= 0.3 is 0 Å². The molecule has 1 atom stereocenters. The molecule has 8 heteroatoms. The molecule has 0 aromatic carbocycles. The van der Waals surface area contributed by atoms with Gasteiger partial charge in [-0.3, -0.25) is 4.79 Å². The SMILES string of the molecule is COc1cc(CCC(=O)NCc2ccnc(C3CCCOC3)n2)on1. The standard InChI is InChI=1S/C17H22N4O4/c1-23-16-9-14(25-21-16)4-5-15(22)19-10-13-6-7-18-17(20-13)12-3-2-8-24-11-12/h6-7,9,12H,2-5,8,10-11H2,1H3,(H,19,22). The first-order valence-electron chi connectivity index (χ1n) is 8.40. The van der Waals surface area contributed by atoms with Crippen LogP contribution in [-0.2, 0) is 22.5 Å². The molecule has 0 bridgehead atoms. The average Bonchev–Trinajstić information content (AvgIpc) is 3.14. The summed E-state index contributed by atoms with van der Waals surface area (Å²) in [5, 5.41) is 6.57. The van der Waals surface area contributed by atoms with Crippen LogP contribution in [0.3, 0.4) is 0 Å². The molecule has 1 aliphatic rings. The van der Waals surface area contributed by atoms with Crippen LogP contribution in [0.1, 0.15) is 42.5 Å². The van der Waals surface area contributed by atoms with E-state index >= 15 is 0 Å². The highest BCUT2D eigenvalue weighted by Crippen LogP contribution is 2.22. The van der Waals surface area contributed by atoms with Gasteiger partial charge < -0.3 is 19.3 Å². The minimum atomic E-state index is -0.0727. The summed E-state index contributed by atoms with van der Waals surface area (Å²) >= 11 is 0. The summed E-state index contributed by atoms with van der Waals surface area (Å²) in [5.41, 5.74) is 0.797. The second kappa shape index (κ2) is 8.57. The quantitative estimate of drug-likeness (QED) is 0.813. The maximum absolute atomic E-state index is 12.0. The van der Waals surface area contributed by atoms with E-state index in [1.54, 1.807) is 12.3 Å². The van der Waals surface area contributed by atoms with Crippen molar-refractivity contribution in [1.29, 1.82) is 0 Å². The molecule has 8 nitrogen and oxygen atoms in total. The number of carbonyl (C=O) groups is 1. The van der Waals surface area contributed by atoms with Crippen molar-refractivity contribution < 1.29 is 18.8 Å². The molecule has 1 amide bonds. The highest BCUT2D eigenvalue weighted by Gasteiger charge is 2.19. The Hall–Kier alpha value is -2.48. The van der Waals surface area contributed by atoms with Crippen molar-refractivity contribution in [3.63, 3.8) is 0 Å². The fraction of sp³-hybridized carbons (Fsp3) is 0.529. The van der Waals surface area contributed by atoms with Crippen LogP contribution in [0.25, 0.3) is 0 Å². The molecule has 134 valence electrons. The molecule has 1 saturated heterocycles. The topological polar surface area (TPSA) is 99.4 Å². The van der Waals surface area contributed by atoms with Crippen molar-refractivity contribution in [1.82, 2.24) is 20.4 Å². The largest absolute Gasteiger partial charge is 0.479 e. The summed E-state index contributed by atoms with van der Waals surface area (Å²) in [6.07, 6.45) is 4.58. The minimum absolute atomic E-state index is 0.0727. The number of hydrogen-bond acceptors (Lipinski definition) is 7. The lowest BCUT2D eigenvalue weighted by Gasteiger charge is -2.20. The van der Waals surface area contributed by atoms with Gasteiger partial charge in [-0.25, -0.2) is 9.97 Å². The first kappa shape index (κ1) is 17.3.